The van der Waals surface area contributed by atoms with E-state index >= 15 is 0 Å². The fourth-order valence-corrected chi connectivity index (χ4v) is 4.28. The lowest BCUT2D eigenvalue weighted by Crippen LogP contribution is -2.47. The number of benzene rings is 3. The molecule has 2 aliphatic heterocycles. The van der Waals surface area contributed by atoms with Crippen molar-refractivity contribution in [2.45, 2.75) is 50.5 Å². The number of carbonyl (C=O) groups is 3. The van der Waals surface area contributed by atoms with Gasteiger partial charge in [0.15, 0.2) is 30.4 Å². The summed E-state index contributed by atoms with van der Waals surface area (Å²) < 4.78 is 34.9. The van der Waals surface area contributed by atoms with Gasteiger partial charge in [-0.3, -0.25) is 0 Å². The quantitative estimate of drug-likeness (QED) is 0.337. The molecular weight excluding hydrogens is 492 g/mol. The van der Waals surface area contributed by atoms with E-state index in [2.05, 4.69) is 0 Å². The lowest BCUT2D eigenvalue weighted by atomic mass is 10.1. The molecule has 2 saturated heterocycles. The van der Waals surface area contributed by atoms with Crippen molar-refractivity contribution < 1.29 is 42.8 Å². The normalized spacial score (nSPS) is 23.4. The first-order chi connectivity index (χ1) is 18.3. The zero-order valence-electron chi connectivity index (χ0n) is 20.7. The van der Waals surface area contributed by atoms with Crippen molar-refractivity contribution in [2.75, 3.05) is 0 Å². The molecule has 0 radical (unpaired) electrons. The number of rotatable bonds is 7. The molecular formula is C29H26O9. The summed E-state index contributed by atoms with van der Waals surface area (Å²) in [6.07, 6.45) is -5.79. The maximum atomic E-state index is 13.0. The van der Waals surface area contributed by atoms with Gasteiger partial charge in [-0.15, -0.1) is 0 Å². The van der Waals surface area contributed by atoms with Crippen LogP contribution in [0.2, 0.25) is 0 Å². The van der Waals surface area contributed by atoms with Crippen LogP contribution in [0.25, 0.3) is 0 Å². The summed E-state index contributed by atoms with van der Waals surface area (Å²) in [6, 6.07) is 24.8. The molecule has 9 nitrogen and oxygen atoms in total. The van der Waals surface area contributed by atoms with Gasteiger partial charge in [-0.1, -0.05) is 54.6 Å². The second-order valence-corrected chi connectivity index (χ2v) is 9.22. The highest BCUT2D eigenvalue weighted by atomic mass is 16.9. The van der Waals surface area contributed by atoms with Gasteiger partial charge in [-0.2, -0.15) is 0 Å². The Morgan fingerprint density at radius 3 is 1.61 bits per heavy atom. The van der Waals surface area contributed by atoms with E-state index in [1.165, 1.54) is 0 Å². The monoisotopic (exact) mass is 518 g/mol. The number of hydrogen-bond donors (Lipinski definition) is 0. The minimum absolute atomic E-state index is 0.234. The van der Waals surface area contributed by atoms with Crippen LogP contribution in [-0.2, 0) is 28.4 Å². The van der Waals surface area contributed by atoms with Gasteiger partial charge < -0.3 is 28.4 Å². The molecule has 196 valence electrons. The van der Waals surface area contributed by atoms with Crippen LogP contribution in [0.15, 0.2) is 91.0 Å². The van der Waals surface area contributed by atoms with Crippen molar-refractivity contribution >= 4 is 17.9 Å². The summed E-state index contributed by atoms with van der Waals surface area (Å²) in [5, 5.41) is 0. The van der Waals surface area contributed by atoms with Crippen LogP contribution >= 0.6 is 0 Å². The second kappa shape index (κ2) is 10.7. The average Bonchev–Trinajstić information content (AvgIpc) is 3.41. The molecule has 2 fully saturated rings. The smallest absolute Gasteiger partial charge is 0.341 e. The zero-order chi connectivity index (χ0) is 26.7. The SMILES string of the molecule is CC1(C)O[C@@H]2O[C@@H](C(OC(=O)c3ccccc3)OC(=O)c3ccccc3)[C@H](OC(=O)c3ccccc3)[C@@H]2O1. The van der Waals surface area contributed by atoms with Gasteiger partial charge in [-0.25, -0.2) is 14.4 Å². The van der Waals surface area contributed by atoms with E-state index in [0.717, 1.165) is 0 Å². The van der Waals surface area contributed by atoms with Gasteiger partial charge in [0.05, 0.1) is 16.7 Å². The summed E-state index contributed by atoms with van der Waals surface area (Å²) in [6.45, 7) is 3.39. The standard InChI is InChI=1S/C29H26O9/c1-29(2)37-23-21(33-24(30)18-12-6-3-7-13-18)22(34-28(23)38-29)27(35-25(31)19-14-8-4-9-15-19)36-26(32)20-16-10-5-11-17-20/h3-17,21-23,27-28H,1-2H3/t21-,22+,23-,28-/m0/s1. The maximum absolute atomic E-state index is 13.0. The topological polar surface area (TPSA) is 107 Å². The Morgan fingerprint density at radius 1 is 0.684 bits per heavy atom. The van der Waals surface area contributed by atoms with Gasteiger partial charge in [0.25, 0.3) is 6.29 Å². The molecule has 0 bridgehead atoms. The third-order valence-corrected chi connectivity index (χ3v) is 6.01. The minimum Gasteiger partial charge on any atom is -0.453 e. The van der Waals surface area contributed by atoms with Crippen LogP contribution in [0, 0.1) is 0 Å². The summed E-state index contributed by atoms with van der Waals surface area (Å²) in [7, 11) is 0. The van der Waals surface area contributed by atoms with E-state index < -0.39 is 54.6 Å². The molecule has 38 heavy (non-hydrogen) atoms. The third-order valence-electron chi connectivity index (χ3n) is 6.01. The molecule has 3 aromatic rings. The van der Waals surface area contributed by atoms with Crippen molar-refractivity contribution in [3.05, 3.63) is 108 Å². The molecule has 4 atom stereocenters. The number of esters is 3. The molecule has 0 unspecified atom stereocenters. The Bertz CT molecular complexity index is 1220. The third kappa shape index (κ3) is 5.60. The number of ether oxygens (including phenoxy) is 6. The summed E-state index contributed by atoms with van der Waals surface area (Å²) in [5.41, 5.74) is 0.766. The number of fused-ring (bicyclic) bond motifs is 1. The van der Waals surface area contributed by atoms with Crippen LogP contribution in [-0.4, -0.2) is 54.6 Å². The van der Waals surface area contributed by atoms with E-state index in [1.54, 1.807) is 105 Å². The van der Waals surface area contributed by atoms with E-state index in [4.69, 9.17) is 28.4 Å². The Morgan fingerprint density at radius 2 is 1.13 bits per heavy atom. The highest BCUT2D eigenvalue weighted by molar-refractivity contribution is 5.91. The molecule has 0 spiro atoms. The van der Waals surface area contributed by atoms with Crippen molar-refractivity contribution in [1.29, 1.82) is 0 Å². The fourth-order valence-electron chi connectivity index (χ4n) is 4.28. The molecule has 3 aromatic carbocycles. The molecule has 0 aromatic heterocycles. The summed E-state index contributed by atoms with van der Waals surface area (Å²) in [4.78, 5) is 39.0. The molecule has 0 N–H and O–H groups in total. The van der Waals surface area contributed by atoms with Crippen LogP contribution in [0.5, 0.6) is 0 Å². The van der Waals surface area contributed by atoms with Crippen molar-refractivity contribution in [3.63, 3.8) is 0 Å². The summed E-state index contributed by atoms with van der Waals surface area (Å²) >= 11 is 0. The zero-order valence-corrected chi connectivity index (χ0v) is 20.7. The Labute approximate surface area is 219 Å². The van der Waals surface area contributed by atoms with E-state index in [9.17, 15) is 14.4 Å². The highest BCUT2D eigenvalue weighted by Crippen LogP contribution is 2.41. The first-order valence-electron chi connectivity index (χ1n) is 12.1. The fraction of sp³-hybridized carbons (Fsp3) is 0.276. The van der Waals surface area contributed by atoms with Crippen molar-refractivity contribution in [2.24, 2.45) is 0 Å². The first kappa shape index (κ1) is 25.6. The average molecular weight is 519 g/mol. The molecule has 0 aliphatic carbocycles. The number of hydrogen-bond acceptors (Lipinski definition) is 9. The predicted molar refractivity (Wildman–Crippen MR) is 132 cm³/mol. The van der Waals surface area contributed by atoms with E-state index in [0.29, 0.717) is 5.56 Å². The van der Waals surface area contributed by atoms with E-state index in [1.807, 2.05) is 0 Å². The van der Waals surface area contributed by atoms with Gasteiger partial charge in [0.2, 0.25) is 0 Å². The Balaban J connectivity index is 1.45. The predicted octanol–water partition coefficient (Wildman–Crippen LogP) is 4.13. The number of carbonyl (C=O) groups excluding carboxylic acids is 3. The van der Waals surface area contributed by atoms with Crippen molar-refractivity contribution in [3.8, 4) is 0 Å². The largest absolute Gasteiger partial charge is 0.453 e. The lowest BCUT2D eigenvalue weighted by Gasteiger charge is -2.30. The van der Waals surface area contributed by atoms with Crippen LogP contribution in [0.4, 0.5) is 0 Å². The minimum atomic E-state index is -1.59. The van der Waals surface area contributed by atoms with Crippen LogP contribution < -0.4 is 0 Å². The van der Waals surface area contributed by atoms with E-state index in [-0.39, 0.29) is 11.1 Å². The molecule has 2 aliphatic rings. The molecule has 0 saturated carbocycles. The van der Waals surface area contributed by atoms with Gasteiger partial charge in [-0.05, 0) is 50.2 Å². The van der Waals surface area contributed by atoms with Crippen LogP contribution in [0.1, 0.15) is 44.9 Å². The second-order valence-electron chi connectivity index (χ2n) is 9.22. The van der Waals surface area contributed by atoms with Gasteiger partial charge in [0.1, 0.15) is 0 Å². The molecule has 9 heteroatoms. The first-order valence-corrected chi connectivity index (χ1v) is 12.1. The van der Waals surface area contributed by atoms with Gasteiger partial charge >= 0.3 is 17.9 Å². The van der Waals surface area contributed by atoms with Gasteiger partial charge in [0, 0.05) is 0 Å². The Kier molecular flexibility index (Phi) is 7.24. The summed E-state index contributed by atoms with van der Waals surface area (Å²) in [5.74, 6) is -3.19. The Hall–Kier alpha value is -4.05. The molecule has 2 heterocycles. The molecule has 0 amide bonds. The highest BCUT2D eigenvalue weighted by Gasteiger charge is 2.60. The molecule has 5 rings (SSSR count). The lowest BCUT2D eigenvalue weighted by molar-refractivity contribution is -0.246. The van der Waals surface area contributed by atoms with Crippen molar-refractivity contribution in [1.82, 2.24) is 0 Å². The maximum Gasteiger partial charge on any atom is 0.341 e. The van der Waals surface area contributed by atoms with Crippen LogP contribution in [0.3, 0.4) is 0 Å².